The summed E-state index contributed by atoms with van der Waals surface area (Å²) in [6, 6.07) is 20.1. The number of amides is 1. The van der Waals surface area contributed by atoms with Crippen LogP contribution in [0.15, 0.2) is 71.2 Å². The maximum atomic E-state index is 12.6. The zero-order valence-electron chi connectivity index (χ0n) is 16.3. The molecule has 5 nitrogen and oxygen atoms in total. The molecule has 0 fully saturated rings. The fourth-order valence-corrected chi connectivity index (χ4v) is 2.96. The van der Waals surface area contributed by atoms with Gasteiger partial charge < -0.3 is 19.5 Å². The monoisotopic (exact) mass is 455 g/mol. The lowest BCUT2D eigenvalue weighted by atomic mass is 10.1. The quantitative estimate of drug-likeness (QED) is 0.474. The van der Waals surface area contributed by atoms with Crippen molar-refractivity contribution >= 4 is 27.5 Å². The van der Waals surface area contributed by atoms with Gasteiger partial charge in [-0.25, -0.2) is 0 Å². The Morgan fingerprint density at radius 2 is 1.62 bits per heavy atom. The number of methoxy groups -OCH3 is 1. The molecule has 0 bridgehead atoms. The van der Waals surface area contributed by atoms with Crippen molar-refractivity contribution in [1.82, 2.24) is 0 Å². The predicted molar refractivity (Wildman–Crippen MR) is 117 cm³/mol. The van der Waals surface area contributed by atoms with Crippen molar-refractivity contribution < 1.29 is 19.0 Å². The molecule has 3 aromatic carbocycles. The van der Waals surface area contributed by atoms with E-state index in [0.717, 1.165) is 21.5 Å². The van der Waals surface area contributed by atoms with E-state index in [2.05, 4.69) is 21.2 Å². The molecule has 0 heterocycles. The van der Waals surface area contributed by atoms with Crippen molar-refractivity contribution in [3.05, 3.63) is 82.3 Å². The molecule has 0 saturated carbocycles. The van der Waals surface area contributed by atoms with Gasteiger partial charge in [0.25, 0.3) is 5.91 Å². The van der Waals surface area contributed by atoms with E-state index in [-0.39, 0.29) is 12.5 Å². The Balaban J connectivity index is 1.75. The summed E-state index contributed by atoms with van der Waals surface area (Å²) in [6.07, 6.45) is 0. The number of hydrogen-bond acceptors (Lipinski definition) is 4. The number of hydrogen-bond donors (Lipinski definition) is 1. The van der Waals surface area contributed by atoms with Gasteiger partial charge in [0.1, 0.15) is 23.9 Å². The summed E-state index contributed by atoms with van der Waals surface area (Å²) in [7, 11) is 1.62. The number of halogens is 1. The second-order valence-corrected chi connectivity index (χ2v) is 7.10. The summed E-state index contributed by atoms with van der Waals surface area (Å²) in [5.41, 5.74) is 2.05. The number of rotatable bonds is 8. The third kappa shape index (κ3) is 5.74. The Kier molecular flexibility index (Phi) is 7.14. The number of carbonyl (C=O) groups is 1. The van der Waals surface area contributed by atoms with Crippen LogP contribution in [0, 0.1) is 0 Å². The average molecular weight is 456 g/mol. The zero-order chi connectivity index (χ0) is 20.6. The van der Waals surface area contributed by atoms with Crippen molar-refractivity contribution in [3.63, 3.8) is 0 Å². The molecule has 0 aliphatic carbocycles. The lowest BCUT2D eigenvalue weighted by molar-refractivity contribution is 0.102. The van der Waals surface area contributed by atoms with Gasteiger partial charge >= 0.3 is 0 Å². The van der Waals surface area contributed by atoms with Crippen LogP contribution in [0.25, 0.3) is 0 Å². The van der Waals surface area contributed by atoms with E-state index < -0.39 is 0 Å². The molecule has 6 heteroatoms. The maximum Gasteiger partial charge on any atom is 0.255 e. The van der Waals surface area contributed by atoms with Crippen LogP contribution in [0.4, 0.5) is 5.69 Å². The zero-order valence-corrected chi connectivity index (χ0v) is 17.9. The van der Waals surface area contributed by atoms with E-state index >= 15 is 0 Å². The van der Waals surface area contributed by atoms with Gasteiger partial charge in [-0.1, -0.05) is 15.9 Å². The lowest BCUT2D eigenvalue weighted by Crippen LogP contribution is -2.13. The van der Waals surface area contributed by atoms with Gasteiger partial charge in [0.15, 0.2) is 0 Å². The van der Waals surface area contributed by atoms with Crippen LogP contribution in [0.3, 0.4) is 0 Å². The van der Waals surface area contributed by atoms with E-state index in [0.29, 0.717) is 23.7 Å². The molecule has 0 atom stereocenters. The number of carbonyl (C=O) groups excluding carboxylic acids is 1. The highest BCUT2D eigenvalue weighted by Gasteiger charge is 2.12. The fourth-order valence-electron chi connectivity index (χ4n) is 2.70. The van der Waals surface area contributed by atoms with Crippen LogP contribution in [-0.4, -0.2) is 19.6 Å². The molecule has 1 amide bonds. The number of benzene rings is 3. The minimum absolute atomic E-state index is 0.193. The molecule has 0 saturated heterocycles. The molecule has 0 unspecified atom stereocenters. The Morgan fingerprint density at radius 1 is 0.931 bits per heavy atom. The summed E-state index contributed by atoms with van der Waals surface area (Å²) in [6.45, 7) is 2.73. The minimum Gasteiger partial charge on any atom is -0.497 e. The van der Waals surface area contributed by atoms with Crippen LogP contribution < -0.4 is 19.5 Å². The van der Waals surface area contributed by atoms with Crippen LogP contribution in [0.1, 0.15) is 22.8 Å². The lowest BCUT2D eigenvalue weighted by Gasteiger charge is -2.14. The standard InChI is InChI=1S/C23H22BrNO4/c1-3-28-22-13-4-16(23(26)25-19-7-5-18(24)6-8-19)14-17(22)15-29-21-11-9-20(27-2)10-12-21/h4-14H,3,15H2,1-2H3,(H,25,26). The highest BCUT2D eigenvalue weighted by molar-refractivity contribution is 9.10. The van der Waals surface area contributed by atoms with Crippen LogP contribution >= 0.6 is 15.9 Å². The highest BCUT2D eigenvalue weighted by atomic mass is 79.9. The van der Waals surface area contributed by atoms with E-state index in [9.17, 15) is 4.79 Å². The first-order valence-corrected chi connectivity index (χ1v) is 9.98. The molecule has 0 radical (unpaired) electrons. The molecule has 0 aliphatic rings. The van der Waals surface area contributed by atoms with Crippen molar-refractivity contribution in [2.45, 2.75) is 13.5 Å². The van der Waals surface area contributed by atoms with Crippen LogP contribution in [-0.2, 0) is 6.61 Å². The van der Waals surface area contributed by atoms with Crippen LogP contribution in [0.2, 0.25) is 0 Å². The first-order valence-electron chi connectivity index (χ1n) is 9.18. The SMILES string of the molecule is CCOc1ccc(C(=O)Nc2ccc(Br)cc2)cc1COc1ccc(OC)cc1. The molecule has 3 aromatic rings. The molecule has 3 rings (SSSR count). The first kappa shape index (κ1) is 20.7. The Labute approximate surface area is 178 Å². The first-order chi connectivity index (χ1) is 14.1. The van der Waals surface area contributed by atoms with Gasteiger partial charge in [-0.15, -0.1) is 0 Å². The predicted octanol–water partition coefficient (Wildman–Crippen LogP) is 5.69. The van der Waals surface area contributed by atoms with Gasteiger partial charge in [0, 0.05) is 21.3 Å². The Morgan fingerprint density at radius 3 is 2.28 bits per heavy atom. The second-order valence-electron chi connectivity index (χ2n) is 6.18. The third-order valence-electron chi connectivity index (χ3n) is 4.18. The number of anilines is 1. The number of ether oxygens (including phenoxy) is 3. The average Bonchev–Trinajstić information content (AvgIpc) is 2.75. The molecule has 0 spiro atoms. The van der Waals surface area contributed by atoms with Gasteiger partial charge in [-0.05, 0) is 73.7 Å². The summed E-state index contributed by atoms with van der Waals surface area (Å²) < 4.78 is 17.7. The molecule has 0 aromatic heterocycles. The normalized spacial score (nSPS) is 10.3. The molecule has 1 N–H and O–H groups in total. The van der Waals surface area contributed by atoms with Crippen molar-refractivity contribution in [2.24, 2.45) is 0 Å². The smallest absolute Gasteiger partial charge is 0.255 e. The van der Waals surface area contributed by atoms with Crippen molar-refractivity contribution in [2.75, 3.05) is 19.0 Å². The largest absolute Gasteiger partial charge is 0.497 e. The third-order valence-corrected chi connectivity index (χ3v) is 4.71. The van der Waals surface area contributed by atoms with Gasteiger partial charge in [0.05, 0.1) is 13.7 Å². The van der Waals surface area contributed by atoms with Gasteiger partial charge in [-0.3, -0.25) is 4.79 Å². The summed E-state index contributed by atoms with van der Waals surface area (Å²) >= 11 is 3.39. The van der Waals surface area contributed by atoms with E-state index in [4.69, 9.17) is 14.2 Å². The number of nitrogens with one attached hydrogen (secondary N) is 1. The van der Waals surface area contributed by atoms with Gasteiger partial charge in [0.2, 0.25) is 0 Å². The topological polar surface area (TPSA) is 56.8 Å². The molecular formula is C23H22BrNO4. The summed E-state index contributed by atoms with van der Waals surface area (Å²) in [5, 5.41) is 2.90. The maximum absolute atomic E-state index is 12.6. The fraction of sp³-hybridized carbons (Fsp3) is 0.174. The van der Waals surface area contributed by atoms with E-state index in [1.54, 1.807) is 25.3 Å². The van der Waals surface area contributed by atoms with Gasteiger partial charge in [-0.2, -0.15) is 0 Å². The molecule has 0 aliphatic heterocycles. The molecule has 29 heavy (non-hydrogen) atoms. The van der Waals surface area contributed by atoms with Crippen LogP contribution in [0.5, 0.6) is 17.2 Å². The minimum atomic E-state index is -0.193. The summed E-state index contributed by atoms with van der Waals surface area (Å²) in [4.78, 5) is 12.6. The molecule has 150 valence electrons. The molecular weight excluding hydrogens is 434 g/mol. The van der Waals surface area contributed by atoms with E-state index in [1.165, 1.54) is 0 Å². The van der Waals surface area contributed by atoms with Crippen molar-refractivity contribution in [1.29, 1.82) is 0 Å². The van der Waals surface area contributed by atoms with Crippen molar-refractivity contribution in [3.8, 4) is 17.2 Å². The second kappa shape index (κ2) is 9.98. The van der Waals surface area contributed by atoms with E-state index in [1.807, 2.05) is 55.5 Å². The summed E-state index contributed by atoms with van der Waals surface area (Å²) in [5.74, 6) is 1.97. The highest BCUT2D eigenvalue weighted by Crippen LogP contribution is 2.24. The Bertz CT molecular complexity index is 956. The Hall–Kier alpha value is -2.99.